The molecule has 0 bridgehead atoms. The summed E-state index contributed by atoms with van der Waals surface area (Å²) in [6.07, 6.45) is 3.08. The van der Waals surface area contributed by atoms with Gasteiger partial charge >= 0.3 is 0 Å². The summed E-state index contributed by atoms with van der Waals surface area (Å²) >= 11 is 0. The van der Waals surface area contributed by atoms with Crippen molar-refractivity contribution in [2.45, 2.75) is 31.7 Å². The molecule has 2 saturated heterocycles. The van der Waals surface area contributed by atoms with Gasteiger partial charge in [-0.3, -0.25) is 9.69 Å². The van der Waals surface area contributed by atoms with E-state index in [2.05, 4.69) is 4.90 Å². The van der Waals surface area contributed by atoms with Crippen LogP contribution in [0.1, 0.15) is 26.2 Å². The molecule has 2 aliphatic heterocycles. The number of rotatable bonds is 3. The summed E-state index contributed by atoms with van der Waals surface area (Å²) in [6, 6.07) is 0. The van der Waals surface area contributed by atoms with Crippen LogP contribution >= 0.6 is 0 Å². The maximum Gasteiger partial charge on any atom is 0.148 e. The molecule has 0 aromatic carbocycles. The first-order valence-corrected chi connectivity index (χ1v) is 5.11. The zero-order valence-electron chi connectivity index (χ0n) is 8.21. The Morgan fingerprint density at radius 3 is 3.23 bits per heavy atom. The third kappa shape index (κ3) is 1.51. The average molecular weight is 183 g/mol. The summed E-state index contributed by atoms with van der Waals surface area (Å²) in [5.41, 5.74) is 0.0904. The molecule has 2 rings (SSSR count). The Morgan fingerprint density at radius 1 is 1.62 bits per heavy atom. The predicted octanol–water partition coefficient (Wildman–Crippen LogP) is 0.830. The largest absolute Gasteiger partial charge is 0.380 e. The fraction of sp³-hybridized carbons (Fsp3) is 0.900. The van der Waals surface area contributed by atoms with Gasteiger partial charge in [0.25, 0.3) is 0 Å². The Labute approximate surface area is 79.0 Å². The van der Waals surface area contributed by atoms with E-state index in [0.717, 1.165) is 26.2 Å². The molecular formula is C10H17NO2. The van der Waals surface area contributed by atoms with Crippen LogP contribution in [0.2, 0.25) is 0 Å². The van der Waals surface area contributed by atoms with Crippen LogP contribution in [0.15, 0.2) is 0 Å². The van der Waals surface area contributed by atoms with Crippen molar-refractivity contribution in [1.29, 1.82) is 0 Å². The van der Waals surface area contributed by atoms with Crippen LogP contribution in [0.5, 0.6) is 0 Å². The molecule has 0 saturated carbocycles. The molecule has 1 unspecified atom stereocenters. The fourth-order valence-electron chi connectivity index (χ4n) is 2.58. The van der Waals surface area contributed by atoms with E-state index in [1.54, 1.807) is 0 Å². The zero-order chi connectivity index (χ0) is 9.31. The second-order valence-corrected chi connectivity index (χ2v) is 4.10. The van der Waals surface area contributed by atoms with Crippen LogP contribution < -0.4 is 0 Å². The molecule has 0 amide bonds. The molecule has 74 valence electrons. The molecular weight excluding hydrogens is 166 g/mol. The van der Waals surface area contributed by atoms with Crippen LogP contribution in [0.25, 0.3) is 0 Å². The van der Waals surface area contributed by atoms with E-state index in [0.29, 0.717) is 18.7 Å². The molecule has 2 heterocycles. The van der Waals surface area contributed by atoms with Gasteiger partial charge in [0, 0.05) is 13.0 Å². The maximum atomic E-state index is 11.3. The van der Waals surface area contributed by atoms with Crippen LogP contribution in [0, 0.1) is 0 Å². The van der Waals surface area contributed by atoms with Gasteiger partial charge in [0.15, 0.2) is 0 Å². The molecule has 0 aliphatic carbocycles. The van der Waals surface area contributed by atoms with Gasteiger partial charge in [-0.1, -0.05) is 0 Å². The second-order valence-electron chi connectivity index (χ2n) is 4.10. The molecule has 0 N–H and O–H groups in total. The van der Waals surface area contributed by atoms with Crippen molar-refractivity contribution in [3.63, 3.8) is 0 Å². The Balaban J connectivity index is 2.04. The highest BCUT2D eigenvalue weighted by atomic mass is 16.5. The van der Waals surface area contributed by atoms with Gasteiger partial charge < -0.3 is 4.74 Å². The molecule has 2 aliphatic rings. The van der Waals surface area contributed by atoms with Crippen LogP contribution in [0.4, 0.5) is 0 Å². The summed E-state index contributed by atoms with van der Waals surface area (Å²) in [4.78, 5) is 13.6. The Hall–Kier alpha value is -0.410. The van der Waals surface area contributed by atoms with Gasteiger partial charge in [0.1, 0.15) is 5.78 Å². The zero-order valence-corrected chi connectivity index (χ0v) is 8.21. The smallest absolute Gasteiger partial charge is 0.148 e. The highest BCUT2D eigenvalue weighted by Gasteiger charge is 2.47. The van der Waals surface area contributed by atoms with E-state index in [-0.39, 0.29) is 5.54 Å². The van der Waals surface area contributed by atoms with E-state index >= 15 is 0 Å². The van der Waals surface area contributed by atoms with E-state index < -0.39 is 0 Å². The van der Waals surface area contributed by atoms with Gasteiger partial charge in [-0.2, -0.15) is 0 Å². The van der Waals surface area contributed by atoms with Crippen molar-refractivity contribution < 1.29 is 9.53 Å². The minimum Gasteiger partial charge on any atom is -0.380 e. The summed E-state index contributed by atoms with van der Waals surface area (Å²) < 4.78 is 5.48. The van der Waals surface area contributed by atoms with E-state index in [9.17, 15) is 4.79 Å². The number of nitrogens with zero attached hydrogens (tertiary/aromatic N) is 1. The first-order valence-electron chi connectivity index (χ1n) is 5.11. The number of hydrogen-bond acceptors (Lipinski definition) is 3. The minimum atomic E-state index is 0.0904. The molecule has 13 heavy (non-hydrogen) atoms. The van der Waals surface area contributed by atoms with E-state index in [1.807, 2.05) is 6.92 Å². The number of ether oxygens (including phenoxy) is 1. The SMILES string of the molecule is CCOCC12CCCN1CC(=O)C2. The Kier molecular flexibility index (Phi) is 2.39. The third-order valence-electron chi connectivity index (χ3n) is 3.21. The molecule has 2 fully saturated rings. The molecule has 0 aromatic heterocycles. The molecule has 1 atom stereocenters. The van der Waals surface area contributed by atoms with Gasteiger partial charge in [0.05, 0.1) is 18.7 Å². The number of carbonyl (C=O) groups excluding carboxylic acids is 1. The van der Waals surface area contributed by atoms with Gasteiger partial charge in [0.2, 0.25) is 0 Å². The third-order valence-corrected chi connectivity index (χ3v) is 3.21. The van der Waals surface area contributed by atoms with Crippen LogP contribution in [-0.4, -0.2) is 42.5 Å². The lowest BCUT2D eigenvalue weighted by atomic mass is 9.95. The van der Waals surface area contributed by atoms with Crippen LogP contribution in [0.3, 0.4) is 0 Å². The van der Waals surface area contributed by atoms with Crippen molar-refractivity contribution in [2.24, 2.45) is 0 Å². The van der Waals surface area contributed by atoms with E-state index in [1.165, 1.54) is 6.42 Å². The van der Waals surface area contributed by atoms with Crippen molar-refractivity contribution in [1.82, 2.24) is 4.90 Å². The lowest BCUT2D eigenvalue weighted by molar-refractivity contribution is -0.117. The van der Waals surface area contributed by atoms with Gasteiger partial charge in [-0.25, -0.2) is 0 Å². The maximum absolute atomic E-state index is 11.3. The van der Waals surface area contributed by atoms with Crippen molar-refractivity contribution in [2.75, 3.05) is 26.3 Å². The number of ketones is 1. The van der Waals surface area contributed by atoms with Gasteiger partial charge in [-0.05, 0) is 26.3 Å². The van der Waals surface area contributed by atoms with Crippen LogP contribution in [-0.2, 0) is 9.53 Å². The molecule has 3 nitrogen and oxygen atoms in total. The monoisotopic (exact) mass is 183 g/mol. The van der Waals surface area contributed by atoms with Crippen molar-refractivity contribution in [3.05, 3.63) is 0 Å². The number of Topliss-reactive ketones (excluding diaryl/α,β-unsaturated/α-hetero) is 1. The van der Waals surface area contributed by atoms with Crippen molar-refractivity contribution >= 4 is 5.78 Å². The molecule has 0 spiro atoms. The number of fused-ring (bicyclic) bond motifs is 1. The number of carbonyl (C=O) groups is 1. The first kappa shape index (κ1) is 9.16. The summed E-state index contributed by atoms with van der Waals surface area (Å²) in [5.74, 6) is 0.388. The summed E-state index contributed by atoms with van der Waals surface area (Å²) in [5, 5.41) is 0. The molecule has 0 aromatic rings. The van der Waals surface area contributed by atoms with Gasteiger partial charge in [-0.15, -0.1) is 0 Å². The highest BCUT2D eigenvalue weighted by molar-refractivity contribution is 5.84. The normalized spacial score (nSPS) is 34.1. The van der Waals surface area contributed by atoms with E-state index in [4.69, 9.17) is 4.74 Å². The Morgan fingerprint density at radius 2 is 2.46 bits per heavy atom. The minimum absolute atomic E-state index is 0.0904. The molecule has 3 heteroatoms. The quantitative estimate of drug-likeness (QED) is 0.649. The second kappa shape index (κ2) is 3.39. The Bertz CT molecular complexity index is 217. The number of hydrogen-bond donors (Lipinski definition) is 0. The fourth-order valence-corrected chi connectivity index (χ4v) is 2.58. The predicted molar refractivity (Wildman–Crippen MR) is 49.7 cm³/mol. The van der Waals surface area contributed by atoms with Crippen molar-refractivity contribution in [3.8, 4) is 0 Å². The molecule has 0 radical (unpaired) electrons. The lowest BCUT2D eigenvalue weighted by Crippen LogP contribution is -2.42. The standard InChI is InChI=1S/C10H17NO2/c1-2-13-8-10-4-3-5-11(10)7-9(12)6-10/h2-8H2,1H3. The summed E-state index contributed by atoms with van der Waals surface area (Å²) in [6.45, 7) is 5.25. The topological polar surface area (TPSA) is 29.5 Å². The summed E-state index contributed by atoms with van der Waals surface area (Å²) in [7, 11) is 0. The highest BCUT2D eigenvalue weighted by Crippen LogP contribution is 2.37. The first-order chi connectivity index (χ1) is 6.27. The average Bonchev–Trinajstić information content (AvgIpc) is 2.57. The lowest BCUT2D eigenvalue weighted by Gasteiger charge is -2.30.